The summed E-state index contributed by atoms with van der Waals surface area (Å²) < 4.78 is 35.5. The van der Waals surface area contributed by atoms with E-state index in [1.165, 1.54) is 24.3 Å². The summed E-state index contributed by atoms with van der Waals surface area (Å²) >= 11 is 0. The van der Waals surface area contributed by atoms with Crippen molar-refractivity contribution in [2.45, 2.75) is 38.0 Å². The van der Waals surface area contributed by atoms with E-state index >= 15 is 0 Å². The summed E-state index contributed by atoms with van der Waals surface area (Å²) in [7, 11) is 0. The number of amides is 2. The predicted octanol–water partition coefficient (Wildman–Crippen LogP) is 6.04. The third kappa shape index (κ3) is 8.99. The van der Waals surface area contributed by atoms with Gasteiger partial charge in [0.05, 0.1) is 23.0 Å². The quantitative estimate of drug-likeness (QED) is 0.0915. The number of aliphatic hydroxyl groups excluding tert-OH is 1. The first-order valence-electron chi connectivity index (χ1n) is 17.0. The van der Waals surface area contributed by atoms with E-state index in [-0.39, 0.29) is 48.1 Å². The number of carbonyl (C=O) groups excluding carboxylic acids is 2. The second kappa shape index (κ2) is 16.6. The van der Waals surface area contributed by atoms with Crippen LogP contribution in [0.25, 0.3) is 22.0 Å². The fraction of sp³-hybridized carbons (Fsp3) is 0.256. The maximum absolute atomic E-state index is 14.9. The average molecular weight is 712 g/mol. The number of nitrogens with zero attached hydrogens (tertiary/aromatic N) is 1. The Hall–Kier alpha value is -5.63. The van der Waals surface area contributed by atoms with Gasteiger partial charge in [-0.2, -0.15) is 0 Å². The van der Waals surface area contributed by atoms with Gasteiger partial charge in [0.25, 0.3) is 0 Å². The Morgan fingerprint density at radius 1 is 0.904 bits per heavy atom. The summed E-state index contributed by atoms with van der Waals surface area (Å²) in [4.78, 5) is 41.6. The first-order chi connectivity index (χ1) is 25.1. The van der Waals surface area contributed by atoms with Crippen LogP contribution in [0.1, 0.15) is 36.5 Å². The molecule has 1 atom stereocenters. The number of benzene rings is 4. The van der Waals surface area contributed by atoms with Crippen LogP contribution in [0.4, 0.5) is 25.0 Å². The number of anilines is 2. The van der Waals surface area contributed by atoms with Crippen molar-refractivity contribution in [1.82, 2.24) is 15.2 Å². The molecule has 0 bridgehead atoms. The van der Waals surface area contributed by atoms with Gasteiger partial charge in [-0.1, -0.05) is 54.6 Å². The van der Waals surface area contributed by atoms with Gasteiger partial charge in [0.1, 0.15) is 23.5 Å². The zero-order valence-electron chi connectivity index (χ0n) is 28.2. The van der Waals surface area contributed by atoms with Gasteiger partial charge in [-0.3, -0.25) is 14.9 Å². The maximum Gasteiger partial charge on any atom is 0.411 e. The number of rotatable bonds is 12. The van der Waals surface area contributed by atoms with E-state index in [9.17, 15) is 33.4 Å². The highest BCUT2D eigenvalue weighted by atomic mass is 19.1. The van der Waals surface area contributed by atoms with Crippen molar-refractivity contribution in [2.75, 3.05) is 36.8 Å². The molecule has 2 amide bonds. The number of aliphatic hydroxyl groups is 1. The lowest BCUT2D eigenvalue weighted by atomic mass is 10.0. The number of hydrogen-bond donors (Lipinski definition) is 6. The molecule has 6 N–H and O–H groups in total. The summed E-state index contributed by atoms with van der Waals surface area (Å²) in [6.45, 7) is 1.47. The normalized spacial score (nSPS) is 14.2. The molecule has 11 nitrogen and oxygen atoms in total. The molecule has 0 radical (unpaired) electrons. The number of aromatic hydroxyl groups is 1. The van der Waals surface area contributed by atoms with Gasteiger partial charge in [0, 0.05) is 67.8 Å². The molecule has 2 heterocycles. The number of ether oxygens (including phenoxy) is 1. The minimum Gasteiger partial charge on any atom is -0.506 e. The number of para-hydroxylation sites is 1. The smallest absolute Gasteiger partial charge is 0.411 e. The Bertz CT molecular complexity index is 2100. The monoisotopic (exact) mass is 711 g/mol. The highest BCUT2D eigenvalue weighted by molar-refractivity contribution is 5.92. The second-order valence-corrected chi connectivity index (χ2v) is 12.6. The molecule has 6 rings (SSSR count). The van der Waals surface area contributed by atoms with Gasteiger partial charge < -0.3 is 35.5 Å². The van der Waals surface area contributed by atoms with Gasteiger partial charge in [0.15, 0.2) is 0 Å². The molecule has 4 aromatic carbocycles. The molecule has 5 aromatic rings. The largest absolute Gasteiger partial charge is 0.506 e. The summed E-state index contributed by atoms with van der Waals surface area (Å²) in [6.07, 6.45) is -0.641. The second-order valence-electron chi connectivity index (χ2n) is 12.6. The van der Waals surface area contributed by atoms with Crippen LogP contribution in [0.5, 0.6) is 5.75 Å². The number of aromatic amines is 1. The van der Waals surface area contributed by atoms with Crippen LogP contribution in [-0.4, -0.2) is 64.4 Å². The fourth-order valence-electron chi connectivity index (χ4n) is 6.30. The number of halogens is 2. The van der Waals surface area contributed by atoms with Crippen LogP contribution in [0.3, 0.4) is 0 Å². The molecule has 1 saturated heterocycles. The van der Waals surface area contributed by atoms with Crippen LogP contribution in [0.2, 0.25) is 0 Å². The van der Waals surface area contributed by atoms with Crippen LogP contribution in [0.15, 0.2) is 95.8 Å². The van der Waals surface area contributed by atoms with E-state index in [4.69, 9.17) is 4.74 Å². The van der Waals surface area contributed by atoms with Crippen molar-refractivity contribution in [3.05, 3.63) is 124 Å². The van der Waals surface area contributed by atoms with Crippen molar-refractivity contribution in [1.29, 1.82) is 0 Å². The van der Waals surface area contributed by atoms with Crippen LogP contribution < -0.4 is 21.5 Å². The van der Waals surface area contributed by atoms with E-state index < -0.39 is 35.3 Å². The van der Waals surface area contributed by atoms with Gasteiger partial charge in [-0.05, 0) is 48.2 Å². The zero-order chi connectivity index (χ0) is 36.6. The first kappa shape index (κ1) is 36.2. The Kier molecular flexibility index (Phi) is 11.5. The molecule has 270 valence electrons. The van der Waals surface area contributed by atoms with Crippen LogP contribution in [-0.2, 0) is 16.1 Å². The fourth-order valence-corrected chi connectivity index (χ4v) is 6.30. The number of phenolic OH excluding ortho intramolecular Hbond substituents is 1. The third-order valence-corrected chi connectivity index (χ3v) is 9.04. The highest BCUT2D eigenvalue weighted by Gasteiger charge is 2.24. The molecule has 1 unspecified atom stereocenters. The number of phenols is 1. The Balaban J connectivity index is 0.926. The minimum atomic E-state index is -1.08. The summed E-state index contributed by atoms with van der Waals surface area (Å²) in [6, 6.07) is 24.8. The maximum atomic E-state index is 14.9. The summed E-state index contributed by atoms with van der Waals surface area (Å²) in [5.41, 5.74) is 2.46. The lowest BCUT2D eigenvalue weighted by Gasteiger charge is -2.31. The van der Waals surface area contributed by atoms with Crippen LogP contribution >= 0.6 is 0 Å². The Morgan fingerprint density at radius 2 is 1.65 bits per heavy atom. The number of H-pyrrole nitrogens is 1. The topological polar surface area (TPSA) is 156 Å². The van der Waals surface area contributed by atoms with E-state index in [0.717, 1.165) is 23.3 Å². The third-order valence-electron chi connectivity index (χ3n) is 9.04. The molecule has 0 saturated carbocycles. The van der Waals surface area contributed by atoms with Crippen molar-refractivity contribution < 1.29 is 33.3 Å². The molecule has 13 heteroatoms. The molecule has 1 fully saturated rings. The number of aromatic nitrogens is 1. The van der Waals surface area contributed by atoms with Gasteiger partial charge >= 0.3 is 6.09 Å². The van der Waals surface area contributed by atoms with E-state index in [1.54, 1.807) is 0 Å². The van der Waals surface area contributed by atoms with E-state index in [0.29, 0.717) is 49.1 Å². The highest BCUT2D eigenvalue weighted by Crippen LogP contribution is 2.30. The molecule has 0 spiro atoms. The summed E-state index contributed by atoms with van der Waals surface area (Å²) in [5.74, 6) is -2.15. The number of carbonyl (C=O) groups is 2. The Morgan fingerprint density at radius 3 is 2.44 bits per heavy atom. The van der Waals surface area contributed by atoms with Crippen molar-refractivity contribution >= 4 is 34.3 Å². The average Bonchev–Trinajstić information content (AvgIpc) is 3.14. The van der Waals surface area contributed by atoms with Crippen molar-refractivity contribution in [3.8, 4) is 16.9 Å². The molecule has 52 heavy (non-hydrogen) atoms. The number of pyridine rings is 1. The number of piperidine rings is 1. The van der Waals surface area contributed by atoms with Crippen molar-refractivity contribution in [2.24, 2.45) is 0 Å². The number of fused-ring (bicyclic) bond motifs is 1. The molecule has 0 aliphatic carbocycles. The van der Waals surface area contributed by atoms with Crippen molar-refractivity contribution in [3.63, 3.8) is 0 Å². The molecule has 1 aliphatic rings. The molecular weight excluding hydrogens is 672 g/mol. The number of nitrogens with one attached hydrogen (secondary N) is 4. The lowest BCUT2D eigenvalue weighted by Crippen LogP contribution is -2.39. The van der Waals surface area contributed by atoms with Gasteiger partial charge in [0.2, 0.25) is 11.5 Å². The van der Waals surface area contributed by atoms with Crippen LogP contribution in [0, 0.1) is 11.6 Å². The number of likely N-dealkylation sites (tertiary alicyclic amines) is 1. The Labute approximate surface area is 298 Å². The van der Waals surface area contributed by atoms with Gasteiger partial charge in [-0.15, -0.1) is 0 Å². The zero-order valence-corrected chi connectivity index (χ0v) is 28.2. The molecule has 1 aromatic heterocycles. The standard InChI is InChI=1S/C39H39F2N5O6/c40-30-21-33(31(41)20-25(30)22-42-23-35(48)28-10-12-34(47)38-29(28)11-13-36(49)45-38)43-37(50)16-19-46-17-14-26(15-18-46)52-39(51)44-32-9-5-4-8-27(32)24-6-2-1-3-7-24/h1-13,20-21,26,35,42,47-48H,14-19,22-23H2,(H,43,50)(H,44,51)(H,45,49). The first-order valence-corrected chi connectivity index (χ1v) is 17.0. The molecule has 1 aliphatic heterocycles. The van der Waals surface area contributed by atoms with E-state index in [2.05, 4.69) is 25.8 Å². The SMILES string of the molecule is O=C(CCN1CCC(OC(=O)Nc2ccccc2-c2ccccc2)CC1)Nc1cc(F)c(CNCC(O)c2ccc(O)c3[nH]c(=O)ccc23)cc1F. The van der Waals surface area contributed by atoms with Gasteiger partial charge in [-0.25, -0.2) is 13.6 Å². The predicted molar refractivity (Wildman–Crippen MR) is 194 cm³/mol. The molecular formula is C39H39F2N5O6. The summed E-state index contributed by atoms with van der Waals surface area (Å²) in [5, 5.41) is 29.4. The lowest BCUT2D eigenvalue weighted by molar-refractivity contribution is -0.116. The minimum absolute atomic E-state index is 0.00164. The number of hydrogen-bond acceptors (Lipinski definition) is 8. The van der Waals surface area contributed by atoms with E-state index in [1.807, 2.05) is 54.6 Å².